The van der Waals surface area contributed by atoms with Crippen LogP contribution in [0.15, 0.2) is 48.5 Å². The van der Waals surface area contributed by atoms with Crippen LogP contribution in [0.4, 0.5) is 16.2 Å². The van der Waals surface area contributed by atoms with Crippen molar-refractivity contribution in [2.45, 2.75) is 76.7 Å². The van der Waals surface area contributed by atoms with Crippen LogP contribution in [0.2, 0.25) is 0 Å². The van der Waals surface area contributed by atoms with Gasteiger partial charge >= 0.3 is 18.0 Å². The summed E-state index contributed by atoms with van der Waals surface area (Å²) in [6.07, 6.45) is 1.60. The largest absolute Gasteiger partial charge is 0.456 e. The Labute approximate surface area is 254 Å². The number of nitrogens with zero attached hydrogens (tertiary/aromatic N) is 4. The third-order valence-electron chi connectivity index (χ3n) is 8.49. The van der Waals surface area contributed by atoms with Gasteiger partial charge in [-0.2, -0.15) is 0 Å². The quantitative estimate of drug-likeness (QED) is 0.192. The Morgan fingerprint density at radius 3 is 1.73 bits per heavy atom. The van der Waals surface area contributed by atoms with Gasteiger partial charge in [-0.25, -0.2) is 4.79 Å². The van der Waals surface area contributed by atoms with Crippen molar-refractivity contribution in [1.29, 1.82) is 0 Å². The molecule has 2 aromatic rings. The van der Waals surface area contributed by atoms with Gasteiger partial charge in [0.05, 0.1) is 21.9 Å². The lowest BCUT2D eigenvalue weighted by molar-refractivity contribution is -0.385. The lowest BCUT2D eigenvalue weighted by atomic mass is 9.90. The highest BCUT2D eigenvalue weighted by Crippen LogP contribution is 2.39. The average Bonchev–Trinajstić information content (AvgIpc) is 3.90. The fourth-order valence-corrected chi connectivity index (χ4v) is 6.03. The Kier molecular flexibility index (Phi) is 9.12. The number of benzene rings is 2. The first-order valence-electron chi connectivity index (χ1n) is 14.9. The molecule has 234 valence electrons. The van der Waals surface area contributed by atoms with Gasteiger partial charge in [-0.05, 0) is 49.5 Å². The Bertz CT molecular complexity index is 1420. The summed E-state index contributed by atoms with van der Waals surface area (Å²) in [4.78, 5) is 65.5. The number of rotatable bonds is 12. The van der Waals surface area contributed by atoms with E-state index < -0.39 is 46.1 Å². The van der Waals surface area contributed by atoms with E-state index in [4.69, 9.17) is 9.47 Å². The van der Waals surface area contributed by atoms with Gasteiger partial charge in [0, 0.05) is 57.1 Å². The molecular formula is C31H36N4O9. The molecule has 3 fully saturated rings. The van der Waals surface area contributed by atoms with Crippen LogP contribution in [-0.4, -0.2) is 75.0 Å². The molecule has 0 radical (unpaired) electrons. The summed E-state index contributed by atoms with van der Waals surface area (Å²) in [6, 6.07) is 10.2. The normalized spacial score (nSPS) is 23.5. The third kappa shape index (κ3) is 7.32. The van der Waals surface area contributed by atoms with Crippen molar-refractivity contribution in [2.24, 2.45) is 11.8 Å². The number of ether oxygens (including phenoxy) is 2. The summed E-state index contributed by atoms with van der Waals surface area (Å²) < 4.78 is 11.9. The molecule has 4 unspecified atom stereocenters. The minimum absolute atomic E-state index is 0.00710. The summed E-state index contributed by atoms with van der Waals surface area (Å²) in [5, 5.41) is 23.2. The number of amides is 2. The van der Waals surface area contributed by atoms with Gasteiger partial charge in [-0.3, -0.25) is 29.8 Å². The number of carbonyl (C=O) groups is 3. The second-order valence-corrected chi connectivity index (χ2v) is 12.0. The highest BCUT2D eigenvalue weighted by atomic mass is 16.6. The Morgan fingerprint density at radius 1 is 0.773 bits per heavy atom. The minimum Gasteiger partial charge on any atom is -0.456 e. The molecule has 1 aliphatic heterocycles. The molecule has 13 heteroatoms. The van der Waals surface area contributed by atoms with Gasteiger partial charge in [0.25, 0.3) is 11.4 Å². The number of urea groups is 1. The van der Waals surface area contributed by atoms with E-state index in [1.165, 1.54) is 32.0 Å². The van der Waals surface area contributed by atoms with Crippen LogP contribution >= 0.6 is 0 Å². The molecule has 3 aliphatic rings. The van der Waals surface area contributed by atoms with E-state index in [2.05, 4.69) is 0 Å². The molecule has 1 saturated heterocycles. The van der Waals surface area contributed by atoms with Crippen molar-refractivity contribution >= 4 is 29.3 Å². The van der Waals surface area contributed by atoms with Crippen molar-refractivity contribution in [1.82, 2.24) is 9.80 Å². The molecule has 0 spiro atoms. The van der Waals surface area contributed by atoms with Crippen LogP contribution in [0.1, 0.15) is 50.7 Å². The van der Waals surface area contributed by atoms with Crippen molar-refractivity contribution in [2.75, 3.05) is 13.1 Å². The smallest absolute Gasteiger partial charge is 0.320 e. The molecule has 0 N–H and O–H groups in total. The average molecular weight is 609 g/mol. The molecule has 2 amide bonds. The molecule has 1 heterocycles. The number of hydrogen-bond donors (Lipinski definition) is 0. The fourth-order valence-electron chi connectivity index (χ4n) is 6.03. The summed E-state index contributed by atoms with van der Waals surface area (Å²) in [6.45, 7) is 3.23. The monoisotopic (exact) mass is 608 g/mol. The van der Waals surface area contributed by atoms with Crippen LogP contribution in [0.5, 0.6) is 0 Å². The van der Waals surface area contributed by atoms with Gasteiger partial charge in [-0.1, -0.05) is 30.3 Å². The topological polar surface area (TPSA) is 162 Å². The van der Waals surface area contributed by atoms with Gasteiger partial charge in [0.15, 0.2) is 12.2 Å². The van der Waals surface area contributed by atoms with Crippen molar-refractivity contribution in [3.05, 3.63) is 79.9 Å². The fraction of sp³-hybridized carbons (Fsp3) is 0.516. The van der Waals surface area contributed by atoms with Crippen molar-refractivity contribution < 1.29 is 33.7 Å². The highest BCUT2D eigenvalue weighted by Gasteiger charge is 2.52. The summed E-state index contributed by atoms with van der Waals surface area (Å²) >= 11 is 0. The SMILES string of the molecule is CC(=O)OC1C(OC(C)=O)C(Cc2ccccc2[N+](=O)[O-])N(CC2CC2)C(=O)N(CC2CC2)C1Cc1ccc([N+](=O)[O-])cc1. The zero-order valence-corrected chi connectivity index (χ0v) is 24.7. The predicted molar refractivity (Wildman–Crippen MR) is 157 cm³/mol. The summed E-state index contributed by atoms with van der Waals surface area (Å²) in [5.41, 5.74) is 0.810. The molecule has 2 aliphatic carbocycles. The summed E-state index contributed by atoms with van der Waals surface area (Å²) in [5.74, 6) is -0.813. The van der Waals surface area contributed by atoms with E-state index in [9.17, 15) is 34.6 Å². The van der Waals surface area contributed by atoms with Crippen LogP contribution in [0.25, 0.3) is 0 Å². The number of esters is 2. The van der Waals surface area contributed by atoms with Crippen LogP contribution in [-0.2, 0) is 31.9 Å². The number of carbonyl (C=O) groups excluding carboxylic acids is 3. The molecule has 2 aromatic carbocycles. The highest BCUT2D eigenvalue weighted by molar-refractivity contribution is 5.77. The molecule has 0 bridgehead atoms. The molecule has 13 nitrogen and oxygen atoms in total. The summed E-state index contributed by atoms with van der Waals surface area (Å²) in [7, 11) is 0. The second-order valence-electron chi connectivity index (χ2n) is 12.0. The van der Waals surface area contributed by atoms with E-state index in [1.807, 2.05) is 0 Å². The van der Waals surface area contributed by atoms with E-state index >= 15 is 0 Å². The van der Waals surface area contributed by atoms with Gasteiger partial charge < -0.3 is 19.3 Å². The Hall–Kier alpha value is -4.55. The first kappa shape index (κ1) is 30.9. The van der Waals surface area contributed by atoms with Crippen molar-refractivity contribution in [3.8, 4) is 0 Å². The molecule has 2 saturated carbocycles. The van der Waals surface area contributed by atoms with Crippen molar-refractivity contribution in [3.63, 3.8) is 0 Å². The number of hydrogen-bond acceptors (Lipinski definition) is 9. The second kappa shape index (κ2) is 13.0. The number of para-hydroxylation sites is 1. The van der Waals surface area contributed by atoms with E-state index in [-0.39, 0.29) is 42.1 Å². The number of nitro groups is 2. The molecule has 5 rings (SSSR count). The van der Waals surface area contributed by atoms with E-state index in [0.717, 1.165) is 25.7 Å². The van der Waals surface area contributed by atoms with Crippen LogP contribution in [0.3, 0.4) is 0 Å². The molecule has 4 atom stereocenters. The third-order valence-corrected chi connectivity index (χ3v) is 8.49. The first-order chi connectivity index (χ1) is 21.0. The standard InChI is InChI=1S/C31H36N4O9/c1-19(36)43-29-27(15-21-11-13-25(14-12-21)34(39)40)32(17-22-7-8-22)31(38)33(18-23-9-10-23)28(30(29)44-20(2)37)16-24-5-3-4-6-26(24)35(41)42/h3-6,11-14,22-23,27-30H,7-10,15-18H2,1-2H3. The zero-order valence-electron chi connectivity index (χ0n) is 24.7. The van der Waals surface area contributed by atoms with Crippen LogP contribution < -0.4 is 0 Å². The Morgan fingerprint density at radius 2 is 1.27 bits per heavy atom. The number of nitro benzene ring substituents is 2. The maximum Gasteiger partial charge on any atom is 0.320 e. The lowest BCUT2D eigenvalue weighted by Crippen LogP contribution is -2.54. The van der Waals surface area contributed by atoms with Gasteiger partial charge in [0.1, 0.15) is 0 Å². The minimum atomic E-state index is -1.15. The number of non-ortho nitro benzene ring substituents is 1. The maximum absolute atomic E-state index is 14.6. The van der Waals surface area contributed by atoms with Gasteiger partial charge in [-0.15, -0.1) is 0 Å². The van der Waals surface area contributed by atoms with Crippen LogP contribution in [0, 0.1) is 32.1 Å². The van der Waals surface area contributed by atoms with E-state index in [1.54, 1.807) is 40.1 Å². The van der Waals surface area contributed by atoms with Gasteiger partial charge in [0.2, 0.25) is 0 Å². The zero-order chi connectivity index (χ0) is 31.5. The predicted octanol–water partition coefficient (Wildman–Crippen LogP) is 4.45. The lowest BCUT2D eigenvalue weighted by Gasteiger charge is -2.37. The first-order valence-corrected chi connectivity index (χ1v) is 14.9. The maximum atomic E-state index is 14.6. The molecular weight excluding hydrogens is 572 g/mol. The molecule has 44 heavy (non-hydrogen) atoms. The Balaban J connectivity index is 1.64. The molecule has 0 aromatic heterocycles. The van der Waals surface area contributed by atoms with E-state index in [0.29, 0.717) is 24.2 Å².